The number of halogens is 3. The van der Waals surface area contributed by atoms with Crippen LogP contribution in [0.3, 0.4) is 0 Å². The van der Waals surface area contributed by atoms with E-state index in [-0.39, 0.29) is 24.8 Å². The Morgan fingerprint density at radius 3 is 2.50 bits per heavy atom. The SMILES string of the molecule is COc1ccc(Cl)cc1CNCCN(C)C.Cl.Cl. The fourth-order valence-corrected chi connectivity index (χ4v) is 1.61. The predicted octanol–water partition coefficient (Wildman–Crippen LogP) is 2.84. The summed E-state index contributed by atoms with van der Waals surface area (Å²) in [5.41, 5.74) is 1.09. The second-order valence-corrected chi connectivity index (χ2v) is 4.37. The van der Waals surface area contributed by atoms with Crippen LogP contribution in [0.2, 0.25) is 5.02 Å². The highest BCUT2D eigenvalue weighted by atomic mass is 35.5. The van der Waals surface area contributed by atoms with Crippen LogP contribution in [-0.2, 0) is 6.54 Å². The lowest BCUT2D eigenvalue weighted by molar-refractivity contribution is 0.392. The Morgan fingerprint density at radius 1 is 1.28 bits per heavy atom. The third-order valence-corrected chi connectivity index (χ3v) is 2.53. The van der Waals surface area contributed by atoms with Gasteiger partial charge in [0.25, 0.3) is 0 Å². The molecule has 0 saturated carbocycles. The van der Waals surface area contributed by atoms with Crippen LogP contribution >= 0.6 is 36.4 Å². The van der Waals surface area contributed by atoms with Crippen LogP contribution in [0.1, 0.15) is 5.56 Å². The van der Waals surface area contributed by atoms with Crippen molar-refractivity contribution >= 4 is 36.4 Å². The maximum atomic E-state index is 5.95. The summed E-state index contributed by atoms with van der Waals surface area (Å²) in [6.45, 7) is 2.74. The van der Waals surface area contributed by atoms with Gasteiger partial charge in [0.1, 0.15) is 5.75 Å². The molecule has 1 aromatic carbocycles. The largest absolute Gasteiger partial charge is 0.496 e. The fourth-order valence-electron chi connectivity index (χ4n) is 1.41. The van der Waals surface area contributed by atoms with E-state index >= 15 is 0 Å². The van der Waals surface area contributed by atoms with Gasteiger partial charge in [0.15, 0.2) is 0 Å². The molecule has 106 valence electrons. The molecule has 0 spiro atoms. The number of benzene rings is 1. The van der Waals surface area contributed by atoms with Crippen LogP contribution in [0.25, 0.3) is 0 Å². The van der Waals surface area contributed by atoms with E-state index < -0.39 is 0 Å². The molecular weight excluding hydrogens is 295 g/mol. The molecule has 0 unspecified atom stereocenters. The molecule has 1 rings (SSSR count). The molecule has 0 radical (unpaired) electrons. The minimum absolute atomic E-state index is 0. The Kier molecular flexibility index (Phi) is 12.0. The van der Waals surface area contributed by atoms with E-state index in [1.165, 1.54) is 0 Å². The quantitative estimate of drug-likeness (QED) is 0.817. The number of methoxy groups -OCH3 is 1. The van der Waals surface area contributed by atoms with Gasteiger partial charge in [-0.2, -0.15) is 0 Å². The number of rotatable bonds is 6. The Bertz CT molecular complexity index is 335. The third kappa shape index (κ3) is 7.29. The molecule has 1 N–H and O–H groups in total. The van der Waals surface area contributed by atoms with E-state index in [4.69, 9.17) is 16.3 Å². The summed E-state index contributed by atoms with van der Waals surface area (Å²) in [6, 6.07) is 5.66. The minimum Gasteiger partial charge on any atom is -0.496 e. The number of nitrogens with one attached hydrogen (secondary N) is 1. The maximum Gasteiger partial charge on any atom is 0.123 e. The maximum absolute atomic E-state index is 5.95. The number of hydrogen-bond donors (Lipinski definition) is 1. The number of ether oxygens (including phenoxy) is 1. The monoisotopic (exact) mass is 314 g/mol. The van der Waals surface area contributed by atoms with Gasteiger partial charge >= 0.3 is 0 Å². The summed E-state index contributed by atoms with van der Waals surface area (Å²) in [7, 11) is 5.79. The lowest BCUT2D eigenvalue weighted by Crippen LogP contribution is -2.26. The number of hydrogen-bond acceptors (Lipinski definition) is 3. The van der Waals surface area contributed by atoms with Gasteiger partial charge in [-0.3, -0.25) is 0 Å². The molecule has 3 nitrogen and oxygen atoms in total. The van der Waals surface area contributed by atoms with E-state index in [2.05, 4.69) is 24.3 Å². The standard InChI is InChI=1S/C12H19ClN2O.2ClH/c1-15(2)7-6-14-9-10-8-11(13)4-5-12(10)16-3;;/h4-5,8,14H,6-7,9H2,1-3H3;2*1H. The normalized spacial score (nSPS) is 9.61. The zero-order chi connectivity index (χ0) is 12.0. The first-order chi connectivity index (χ1) is 7.63. The molecule has 0 fully saturated rings. The van der Waals surface area contributed by atoms with E-state index in [0.717, 1.165) is 36.0 Å². The van der Waals surface area contributed by atoms with Crippen molar-refractivity contribution in [2.24, 2.45) is 0 Å². The molecular formula is C12H21Cl3N2O. The summed E-state index contributed by atoms with van der Waals surface area (Å²) in [5, 5.41) is 4.10. The molecule has 0 aliphatic rings. The van der Waals surface area contributed by atoms with Gasteiger partial charge < -0.3 is 15.0 Å². The van der Waals surface area contributed by atoms with Gasteiger partial charge in [-0.1, -0.05) is 11.6 Å². The van der Waals surface area contributed by atoms with Gasteiger partial charge in [0, 0.05) is 30.2 Å². The van der Waals surface area contributed by atoms with E-state index in [1.54, 1.807) is 7.11 Å². The highest BCUT2D eigenvalue weighted by Crippen LogP contribution is 2.22. The molecule has 0 aliphatic heterocycles. The van der Waals surface area contributed by atoms with Crippen molar-refractivity contribution in [1.29, 1.82) is 0 Å². The third-order valence-electron chi connectivity index (χ3n) is 2.29. The first-order valence-electron chi connectivity index (χ1n) is 5.31. The molecule has 0 bridgehead atoms. The van der Waals surface area contributed by atoms with Crippen LogP contribution in [0, 0.1) is 0 Å². The molecule has 0 amide bonds. The molecule has 18 heavy (non-hydrogen) atoms. The Balaban J connectivity index is 0. The van der Waals surface area contributed by atoms with Crippen molar-refractivity contribution in [3.8, 4) is 5.75 Å². The van der Waals surface area contributed by atoms with E-state index in [0.29, 0.717) is 0 Å². The Morgan fingerprint density at radius 2 is 1.94 bits per heavy atom. The Hall–Kier alpha value is -0.190. The van der Waals surface area contributed by atoms with Crippen molar-refractivity contribution in [2.75, 3.05) is 34.3 Å². The summed E-state index contributed by atoms with van der Waals surface area (Å²) in [6.07, 6.45) is 0. The van der Waals surface area contributed by atoms with Crippen LogP contribution in [-0.4, -0.2) is 39.2 Å². The molecule has 0 saturated heterocycles. The fraction of sp³-hybridized carbons (Fsp3) is 0.500. The second kappa shape index (κ2) is 10.7. The highest BCUT2D eigenvalue weighted by molar-refractivity contribution is 6.30. The summed E-state index contributed by atoms with van der Waals surface area (Å²) < 4.78 is 5.27. The average Bonchev–Trinajstić information content (AvgIpc) is 2.24. The van der Waals surface area contributed by atoms with Crippen molar-refractivity contribution in [3.05, 3.63) is 28.8 Å². The van der Waals surface area contributed by atoms with Gasteiger partial charge in [0.2, 0.25) is 0 Å². The first kappa shape index (κ1) is 20.1. The van der Waals surface area contributed by atoms with Crippen molar-refractivity contribution in [1.82, 2.24) is 10.2 Å². The number of likely N-dealkylation sites (N-methyl/N-ethyl adjacent to an activating group) is 1. The van der Waals surface area contributed by atoms with Gasteiger partial charge in [-0.05, 0) is 32.3 Å². The smallest absolute Gasteiger partial charge is 0.123 e. The molecule has 6 heteroatoms. The van der Waals surface area contributed by atoms with E-state index in [9.17, 15) is 0 Å². The Labute approximate surface area is 127 Å². The van der Waals surface area contributed by atoms with Crippen molar-refractivity contribution in [2.45, 2.75) is 6.54 Å². The number of nitrogens with zero attached hydrogens (tertiary/aromatic N) is 1. The molecule has 0 aliphatic carbocycles. The average molecular weight is 316 g/mol. The summed E-state index contributed by atoms with van der Waals surface area (Å²) in [4.78, 5) is 2.14. The molecule has 0 heterocycles. The van der Waals surface area contributed by atoms with Crippen LogP contribution in [0.4, 0.5) is 0 Å². The molecule has 1 aromatic rings. The lowest BCUT2D eigenvalue weighted by Gasteiger charge is -2.12. The van der Waals surface area contributed by atoms with Gasteiger partial charge in [-0.25, -0.2) is 0 Å². The predicted molar refractivity (Wildman–Crippen MR) is 82.8 cm³/mol. The first-order valence-corrected chi connectivity index (χ1v) is 5.69. The van der Waals surface area contributed by atoms with Crippen molar-refractivity contribution < 1.29 is 4.74 Å². The lowest BCUT2D eigenvalue weighted by atomic mass is 10.2. The zero-order valence-electron chi connectivity index (χ0n) is 10.9. The van der Waals surface area contributed by atoms with Gasteiger partial charge in [0.05, 0.1) is 7.11 Å². The zero-order valence-corrected chi connectivity index (χ0v) is 13.3. The van der Waals surface area contributed by atoms with Gasteiger partial charge in [-0.15, -0.1) is 24.8 Å². The van der Waals surface area contributed by atoms with Crippen molar-refractivity contribution in [3.63, 3.8) is 0 Å². The van der Waals surface area contributed by atoms with E-state index in [1.807, 2.05) is 18.2 Å². The van der Waals surface area contributed by atoms with Crippen LogP contribution < -0.4 is 10.1 Å². The molecule has 0 atom stereocenters. The highest BCUT2D eigenvalue weighted by Gasteiger charge is 2.03. The second-order valence-electron chi connectivity index (χ2n) is 3.94. The van der Waals surface area contributed by atoms with Crippen LogP contribution in [0.5, 0.6) is 5.75 Å². The topological polar surface area (TPSA) is 24.5 Å². The van der Waals surface area contributed by atoms with Crippen LogP contribution in [0.15, 0.2) is 18.2 Å². The summed E-state index contributed by atoms with van der Waals surface area (Å²) in [5.74, 6) is 0.877. The molecule has 0 aromatic heterocycles. The summed E-state index contributed by atoms with van der Waals surface area (Å²) >= 11 is 5.95. The minimum atomic E-state index is 0.